The molecule has 6 rings (SSSR count). The van der Waals surface area contributed by atoms with Gasteiger partial charge in [-0.3, -0.25) is 9.78 Å². The largest absolute Gasteiger partial charge is 0.478 e. The molecule has 1 aliphatic carbocycles. The van der Waals surface area contributed by atoms with Crippen molar-refractivity contribution in [1.82, 2.24) is 20.3 Å². The number of H-pyrrole nitrogens is 1. The number of ether oxygens (including phenoxy) is 1. The fourth-order valence-electron chi connectivity index (χ4n) is 4.77. The van der Waals surface area contributed by atoms with Crippen molar-refractivity contribution >= 4 is 39.9 Å². The molecule has 172 valence electrons. The summed E-state index contributed by atoms with van der Waals surface area (Å²) < 4.78 is 5.66. The number of amides is 1. The lowest BCUT2D eigenvalue weighted by molar-refractivity contribution is 0.0938. The van der Waals surface area contributed by atoms with E-state index in [9.17, 15) is 4.79 Å². The number of pyridine rings is 2. The highest BCUT2D eigenvalue weighted by Gasteiger charge is 2.51. The van der Waals surface area contributed by atoms with E-state index in [1.54, 1.807) is 6.20 Å². The molecule has 1 aliphatic heterocycles. The average molecular weight is 474 g/mol. The lowest BCUT2D eigenvalue weighted by Gasteiger charge is -2.23. The number of carbonyl (C=O) groups is 1. The van der Waals surface area contributed by atoms with Gasteiger partial charge in [0.15, 0.2) is 0 Å². The number of rotatable bonds is 5. The summed E-state index contributed by atoms with van der Waals surface area (Å²) in [6, 6.07) is 11.4. The Balaban J connectivity index is 1.61. The van der Waals surface area contributed by atoms with Crippen LogP contribution in [0.25, 0.3) is 22.3 Å². The van der Waals surface area contributed by atoms with Crippen LogP contribution in [-0.2, 0) is 5.41 Å². The molecule has 1 spiro atoms. The molecule has 0 atom stereocenters. The Hall–Kier alpha value is -3.58. The van der Waals surface area contributed by atoms with E-state index in [2.05, 4.69) is 20.6 Å². The van der Waals surface area contributed by atoms with Crippen LogP contribution in [0.3, 0.4) is 0 Å². The van der Waals surface area contributed by atoms with E-state index < -0.39 is 0 Å². The predicted molar refractivity (Wildman–Crippen MR) is 133 cm³/mol. The first-order chi connectivity index (χ1) is 16.5. The Labute approximate surface area is 201 Å². The van der Waals surface area contributed by atoms with Gasteiger partial charge >= 0.3 is 0 Å². The number of anilines is 2. The molecule has 3 N–H and O–H groups in total. The highest BCUT2D eigenvalue weighted by Crippen LogP contribution is 2.53. The number of halogens is 1. The standard InChI is InChI=1S/C26H24ClN5O2/c1-3-34-19-8-7-18-21(31-19)15(9-12-28-18)22-23(30-17-6-4-5-16(27)14(17)2)20-24(32-22)26(10-11-26)13-29-25(20)33/h4-9,12,30,32H,3,10-11,13H2,1-2H3,(H,29,33). The number of hydrogen-bond donors (Lipinski definition) is 3. The summed E-state index contributed by atoms with van der Waals surface area (Å²) in [5.41, 5.74) is 7.22. The van der Waals surface area contributed by atoms with Gasteiger partial charge in [-0.2, -0.15) is 0 Å². The molecule has 34 heavy (non-hydrogen) atoms. The molecule has 8 heteroatoms. The summed E-state index contributed by atoms with van der Waals surface area (Å²) in [6.45, 7) is 5.06. The van der Waals surface area contributed by atoms with Gasteiger partial charge in [0.2, 0.25) is 5.88 Å². The Kier molecular flexibility index (Phi) is 4.78. The lowest BCUT2D eigenvalue weighted by Crippen LogP contribution is -2.39. The summed E-state index contributed by atoms with van der Waals surface area (Å²) in [7, 11) is 0. The molecule has 7 nitrogen and oxygen atoms in total. The third-order valence-corrected chi connectivity index (χ3v) is 7.26. The number of nitrogens with zero attached hydrogens (tertiary/aromatic N) is 2. The zero-order chi connectivity index (χ0) is 23.4. The molecule has 1 fully saturated rings. The summed E-state index contributed by atoms with van der Waals surface area (Å²) in [6.07, 6.45) is 3.85. The van der Waals surface area contributed by atoms with Crippen LogP contribution in [0.4, 0.5) is 11.4 Å². The molecule has 4 heterocycles. The maximum absolute atomic E-state index is 13.2. The number of carbonyl (C=O) groups excluding carboxylic acids is 1. The number of hydrogen-bond acceptors (Lipinski definition) is 5. The third kappa shape index (κ3) is 3.22. The monoisotopic (exact) mass is 473 g/mol. The maximum Gasteiger partial charge on any atom is 0.255 e. The first-order valence-electron chi connectivity index (χ1n) is 11.5. The highest BCUT2D eigenvalue weighted by atomic mass is 35.5. The molecule has 0 unspecified atom stereocenters. The summed E-state index contributed by atoms with van der Waals surface area (Å²) in [5.74, 6) is 0.454. The predicted octanol–water partition coefficient (Wildman–Crippen LogP) is 5.50. The first-order valence-corrected chi connectivity index (χ1v) is 11.8. The fraction of sp³-hybridized carbons (Fsp3) is 0.269. The van der Waals surface area contributed by atoms with E-state index in [1.807, 2.05) is 50.2 Å². The van der Waals surface area contributed by atoms with Crippen molar-refractivity contribution in [3.05, 3.63) is 64.4 Å². The number of aromatic amines is 1. The lowest BCUT2D eigenvalue weighted by atomic mass is 9.93. The Morgan fingerprint density at radius 1 is 1.21 bits per heavy atom. The molecular formula is C26H24ClN5O2. The van der Waals surface area contributed by atoms with Gasteiger partial charge in [0.25, 0.3) is 5.91 Å². The zero-order valence-electron chi connectivity index (χ0n) is 19.0. The summed E-state index contributed by atoms with van der Waals surface area (Å²) >= 11 is 6.40. The quantitative estimate of drug-likeness (QED) is 0.355. The Bertz CT molecular complexity index is 1460. The zero-order valence-corrected chi connectivity index (χ0v) is 19.7. The van der Waals surface area contributed by atoms with Crippen LogP contribution >= 0.6 is 11.6 Å². The molecular weight excluding hydrogens is 450 g/mol. The van der Waals surface area contributed by atoms with Crippen LogP contribution in [0, 0.1) is 6.92 Å². The molecule has 0 saturated heterocycles. The van der Waals surface area contributed by atoms with Gasteiger partial charge in [0.05, 0.1) is 29.1 Å². The van der Waals surface area contributed by atoms with Gasteiger partial charge in [0.1, 0.15) is 5.52 Å². The summed E-state index contributed by atoms with van der Waals surface area (Å²) in [5, 5.41) is 7.29. The molecule has 0 bridgehead atoms. The van der Waals surface area contributed by atoms with Crippen molar-refractivity contribution in [2.75, 3.05) is 18.5 Å². The summed E-state index contributed by atoms with van der Waals surface area (Å²) in [4.78, 5) is 26.0. The van der Waals surface area contributed by atoms with E-state index in [-0.39, 0.29) is 11.3 Å². The van der Waals surface area contributed by atoms with Crippen LogP contribution in [0.2, 0.25) is 5.02 Å². The van der Waals surface area contributed by atoms with Crippen molar-refractivity contribution in [2.45, 2.75) is 32.1 Å². The second kappa shape index (κ2) is 7.74. The molecule has 3 aromatic heterocycles. The minimum atomic E-state index is -0.0847. The van der Waals surface area contributed by atoms with Crippen LogP contribution in [-0.4, -0.2) is 34.0 Å². The van der Waals surface area contributed by atoms with Crippen molar-refractivity contribution in [3.63, 3.8) is 0 Å². The molecule has 0 radical (unpaired) electrons. The minimum Gasteiger partial charge on any atom is -0.478 e. The van der Waals surface area contributed by atoms with E-state index in [0.717, 1.165) is 52.2 Å². The second-order valence-electron chi connectivity index (χ2n) is 8.93. The molecule has 2 aliphatic rings. The number of nitrogens with one attached hydrogen (secondary N) is 3. The Morgan fingerprint density at radius 3 is 2.85 bits per heavy atom. The topological polar surface area (TPSA) is 91.9 Å². The van der Waals surface area contributed by atoms with Gasteiger partial charge in [-0.1, -0.05) is 17.7 Å². The third-order valence-electron chi connectivity index (χ3n) is 6.85. The van der Waals surface area contributed by atoms with Crippen LogP contribution in [0.15, 0.2) is 42.6 Å². The van der Waals surface area contributed by atoms with Crippen LogP contribution in [0.5, 0.6) is 5.88 Å². The second-order valence-corrected chi connectivity index (χ2v) is 9.34. The molecule has 1 saturated carbocycles. The van der Waals surface area contributed by atoms with Crippen molar-refractivity contribution in [1.29, 1.82) is 0 Å². The van der Waals surface area contributed by atoms with E-state index in [0.29, 0.717) is 35.1 Å². The van der Waals surface area contributed by atoms with Crippen molar-refractivity contribution in [3.8, 4) is 17.1 Å². The molecule has 4 aromatic rings. The van der Waals surface area contributed by atoms with Crippen molar-refractivity contribution in [2.24, 2.45) is 0 Å². The normalized spacial score (nSPS) is 15.8. The highest BCUT2D eigenvalue weighted by molar-refractivity contribution is 6.31. The first kappa shape index (κ1) is 21.0. The van der Waals surface area contributed by atoms with Gasteiger partial charge in [-0.25, -0.2) is 4.98 Å². The van der Waals surface area contributed by atoms with Gasteiger partial charge < -0.3 is 20.4 Å². The number of benzene rings is 1. The van der Waals surface area contributed by atoms with Gasteiger partial charge in [0, 0.05) is 46.2 Å². The Morgan fingerprint density at radius 2 is 2.06 bits per heavy atom. The average Bonchev–Trinajstić information content (AvgIpc) is 3.52. The minimum absolute atomic E-state index is 0.0337. The van der Waals surface area contributed by atoms with Crippen LogP contribution < -0.4 is 15.4 Å². The number of aromatic nitrogens is 3. The maximum atomic E-state index is 13.2. The van der Waals surface area contributed by atoms with Gasteiger partial charge in [-0.15, -0.1) is 0 Å². The fourth-order valence-corrected chi connectivity index (χ4v) is 4.95. The van der Waals surface area contributed by atoms with E-state index in [4.69, 9.17) is 21.3 Å². The van der Waals surface area contributed by atoms with Crippen molar-refractivity contribution < 1.29 is 9.53 Å². The molecule has 1 aromatic carbocycles. The van der Waals surface area contributed by atoms with E-state index >= 15 is 0 Å². The molecule has 1 amide bonds. The SMILES string of the molecule is CCOc1ccc2nccc(-c3[nH]c4c(c3Nc3cccc(Cl)c3C)C(=O)NCC43CC3)c2n1. The van der Waals surface area contributed by atoms with E-state index in [1.165, 1.54) is 0 Å². The smallest absolute Gasteiger partial charge is 0.255 e. The number of fused-ring (bicyclic) bond motifs is 3. The van der Waals surface area contributed by atoms with Crippen LogP contribution in [0.1, 0.15) is 41.4 Å². The van der Waals surface area contributed by atoms with Gasteiger partial charge in [-0.05, 0) is 56.5 Å².